The van der Waals surface area contributed by atoms with E-state index in [0.717, 1.165) is 29.9 Å². The molecule has 1 saturated heterocycles. The van der Waals surface area contributed by atoms with Crippen LogP contribution < -0.4 is 10.6 Å². The van der Waals surface area contributed by atoms with Gasteiger partial charge < -0.3 is 15.4 Å². The van der Waals surface area contributed by atoms with E-state index in [2.05, 4.69) is 10.6 Å². The molecule has 1 fully saturated rings. The van der Waals surface area contributed by atoms with Gasteiger partial charge >= 0.3 is 11.8 Å². The monoisotopic (exact) mass is 336 g/mol. The summed E-state index contributed by atoms with van der Waals surface area (Å²) in [4.78, 5) is 24.1. The maximum Gasteiger partial charge on any atom is 0.309 e. The lowest BCUT2D eigenvalue weighted by molar-refractivity contribution is -0.140. The molecule has 0 saturated carbocycles. The summed E-state index contributed by atoms with van der Waals surface area (Å²) in [6.45, 7) is 2.23. The van der Waals surface area contributed by atoms with E-state index >= 15 is 0 Å². The van der Waals surface area contributed by atoms with Gasteiger partial charge in [0.2, 0.25) is 0 Å². The molecular formula is C17H24N2O3S. The number of carbonyl (C=O) groups is 2. The van der Waals surface area contributed by atoms with E-state index in [1.54, 1.807) is 7.11 Å². The normalized spacial score (nSPS) is 18.0. The Labute approximate surface area is 141 Å². The zero-order valence-electron chi connectivity index (χ0n) is 13.6. The molecular weight excluding hydrogens is 312 g/mol. The molecule has 2 amide bonds. The molecule has 0 radical (unpaired) electrons. The minimum Gasteiger partial charge on any atom is -0.376 e. The minimum absolute atomic E-state index is 0.211. The van der Waals surface area contributed by atoms with Gasteiger partial charge in [0.15, 0.2) is 0 Å². The number of thioether (sulfide) groups is 1. The van der Waals surface area contributed by atoms with Crippen molar-refractivity contribution in [3.05, 3.63) is 35.9 Å². The molecule has 1 aliphatic rings. The number of amides is 2. The van der Waals surface area contributed by atoms with Gasteiger partial charge in [0.25, 0.3) is 0 Å². The van der Waals surface area contributed by atoms with Crippen molar-refractivity contribution in [1.82, 2.24) is 10.6 Å². The summed E-state index contributed by atoms with van der Waals surface area (Å²) >= 11 is 1.89. The largest absolute Gasteiger partial charge is 0.376 e. The first-order valence-corrected chi connectivity index (χ1v) is 8.98. The average molecular weight is 336 g/mol. The fourth-order valence-electron chi connectivity index (χ4n) is 2.61. The summed E-state index contributed by atoms with van der Waals surface area (Å²) in [7, 11) is 1.67. The van der Waals surface area contributed by atoms with Crippen molar-refractivity contribution in [2.75, 3.05) is 25.2 Å². The zero-order chi connectivity index (χ0) is 16.7. The van der Waals surface area contributed by atoms with Crippen molar-refractivity contribution in [3.63, 3.8) is 0 Å². The van der Waals surface area contributed by atoms with Crippen LogP contribution in [0.2, 0.25) is 0 Å². The van der Waals surface area contributed by atoms with Crippen LogP contribution in [0.1, 0.15) is 31.4 Å². The second-order valence-electron chi connectivity index (χ2n) is 5.79. The van der Waals surface area contributed by atoms with Crippen molar-refractivity contribution in [1.29, 1.82) is 0 Å². The molecule has 126 valence electrons. The summed E-state index contributed by atoms with van der Waals surface area (Å²) in [5.41, 5.74) is 0.623. The van der Waals surface area contributed by atoms with Crippen LogP contribution in [0.4, 0.5) is 0 Å². The number of hydrogen-bond acceptors (Lipinski definition) is 4. The first-order valence-electron chi connectivity index (χ1n) is 7.83. The first kappa shape index (κ1) is 17.8. The fraction of sp³-hybridized carbons (Fsp3) is 0.529. The summed E-state index contributed by atoms with van der Waals surface area (Å²) in [6.07, 6.45) is 1.77. The molecule has 2 rings (SSSR count). The summed E-state index contributed by atoms with van der Waals surface area (Å²) in [6, 6.07) is 9.35. The highest BCUT2D eigenvalue weighted by atomic mass is 32.2. The lowest BCUT2D eigenvalue weighted by Crippen LogP contribution is -2.50. The molecule has 0 spiro atoms. The third-order valence-corrected chi connectivity index (χ3v) is 5.25. The van der Waals surface area contributed by atoms with E-state index in [1.165, 1.54) is 0 Å². The van der Waals surface area contributed by atoms with Gasteiger partial charge in [-0.1, -0.05) is 30.3 Å². The maximum absolute atomic E-state index is 12.0. The number of nitrogens with one attached hydrogen (secondary N) is 2. The van der Waals surface area contributed by atoms with Crippen molar-refractivity contribution in [2.45, 2.75) is 31.4 Å². The van der Waals surface area contributed by atoms with Gasteiger partial charge in [0.1, 0.15) is 0 Å². The Morgan fingerprint density at radius 1 is 1.22 bits per heavy atom. The standard InChI is InChI=1S/C17H24N2O3S/c1-13(14-6-4-3-5-7-14)19-16(21)15(20)18-12-17(22-2)8-10-23-11-9-17/h3-7,13H,8-12H2,1-2H3,(H,18,20)(H,19,21)/t13-/m0/s1. The Morgan fingerprint density at radius 3 is 2.48 bits per heavy atom. The van der Waals surface area contributed by atoms with Gasteiger partial charge in [-0.2, -0.15) is 11.8 Å². The van der Waals surface area contributed by atoms with Crippen molar-refractivity contribution >= 4 is 23.6 Å². The Hall–Kier alpha value is -1.53. The van der Waals surface area contributed by atoms with Gasteiger partial charge in [-0.25, -0.2) is 0 Å². The molecule has 0 aromatic heterocycles. The molecule has 0 aliphatic carbocycles. The summed E-state index contributed by atoms with van der Waals surface area (Å²) in [5.74, 6) is 0.808. The number of ether oxygens (including phenoxy) is 1. The molecule has 1 aromatic rings. The highest BCUT2D eigenvalue weighted by Gasteiger charge is 2.33. The molecule has 1 aromatic carbocycles. The molecule has 2 N–H and O–H groups in total. The van der Waals surface area contributed by atoms with E-state index in [0.29, 0.717) is 6.54 Å². The smallest absolute Gasteiger partial charge is 0.309 e. The van der Waals surface area contributed by atoms with E-state index in [1.807, 2.05) is 49.0 Å². The van der Waals surface area contributed by atoms with Crippen LogP contribution in [0, 0.1) is 0 Å². The predicted molar refractivity (Wildman–Crippen MR) is 92.3 cm³/mol. The van der Waals surface area contributed by atoms with E-state index in [4.69, 9.17) is 4.74 Å². The van der Waals surface area contributed by atoms with Crippen LogP contribution in [-0.4, -0.2) is 42.6 Å². The number of hydrogen-bond donors (Lipinski definition) is 2. The van der Waals surface area contributed by atoms with Gasteiger partial charge in [-0.15, -0.1) is 0 Å². The quantitative estimate of drug-likeness (QED) is 0.806. The number of rotatable bonds is 5. The van der Waals surface area contributed by atoms with Crippen molar-refractivity contribution in [3.8, 4) is 0 Å². The Bertz CT molecular complexity index is 530. The predicted octanol–water partition coefficient (Wildman–Crippen LogP) is 1.89. The Balaban J connectivity index is 1.84. The molecule has 0 bridgehead atoms. The SMILES string of the molecule is COC1(CNC(=O)C(=O)N[C@@H](C)c2ccccc2)CCSCC1. The second-order valence-corrected chi connectivity index (χ2v) is 7.01. The van der Waals surface area contributed by atoms with Gasteiger partial charge in [-0.3, -0.25) is 9.59 Å². The molecule has 1 heterocycles. The first-order chi connectivity index (χ1) is 11.1. The Morgan fingerprint density at radius 2 is 1.87 bits per heavy atom. The van der Waals surface area contributed by atoms with Gasteiger partial charge in [-0.05, 0) is 36.8 Å². The molecule has 1 atom stereocenters. The zero-order valence-corrected chi connectivity index (χ0v) is 14.4. The third kappa shape index (κ3) is 4.97. The van der Waals surface area contributed by atoms with Crippen LogP contribution in [0.15, 0.2) is 30.3 Å². The van der Waals surface area contributed by atoms with E-state index in [9.17, 15) is 9.59 Å². The number of methoxy groups -OCH3 is 1. The van der Waals surface area contributed by atoms with Gasteiger partial charge in [0, 0.05) is 13.7 Å². The van der Waals surface area contributed by atoms with E-state index < -0.39 is 11.8 Å². The molecule has 0 unspecified atom stereocenters. The second kappa shape index (κ2) is 8.36. The topological polar surface area (TPSA) is 67.4 Å². The van der Waals surface area contributed by atoms with Crippen LogP contribution in [0.5, 0.6) is 0 Å². The average Bonchev–Trinajstić information content (AvgIpc) is 2.61. The van der Waals surface area contributed by atoms with Crippen molar-refractivity contribution in [2.24, 2.45) is 0 Å². The maximum atomic E-state index is 12.0. The molecule has 6 heteroatoms. The number of benzene rings is 1. The van der Waals surface area contributed by atoms with Crippen LogP contribution >= 0.6 is 11.8 Å². The van der Waals surface area contributed by atoms with Crippen LogP contribution in [0.25, 0.3) is 0 Å². The summed E-state index contributed by atoms with van der Waals surface area (Å²) in [5, 5.41) is 5.43. The lowest BCUT2D eigenvalue weighted by atomic mass is 9.96. The van der Waals surface area contributed by atoms with E-state index in [-0.39, 0.29) is 11.6 Å². The molecule has 1 aliphatic heterocycles. The van der Waals surface area contributed by atoms with Crippen LogP contribution in [0.3, 0.4) is 0 Å². The van der Waals surface area contributed by atoms with Gasteiger partial charge in [0.05, 0.1) is 11.6 Å². The minimum atomic E-state index is -0.613. The van der Waals surface area contributed by atoms with Crippen molar-refractivity contribution < 1.29 is 14.3 Å². The number of carbonyl (C=O) groups excluding carboxylic acids is 2. The molecule has 5 nitrogen and oxygen atoms in total. The highest BCUT2D eigenvalue weighted by molar-refractivity contribution is 7.99. The van der Waals surface area contributed by atoms with Crippen LogP contribution in [-0.2, 0) is 14.3 Å². The highest BCUT2D eigenvalue weighted by Crippen LogP contribution is 2.29. The fourth-order valence-corrected chi connectivity index (χ4v) is 3.84. The molecule has 23 heavy (non-hydrogen) atoms. The lowest BCUT2D eigenvalue weighted by Gasteiger charge is -2.35. The summed E-state index contributed by atoms with van der Waals surface area (Å²) < 4.78 is 5.60. The Kier molecular flexibility index (Phi) is 6.47. The third-order valence-electron chi connectivity index (χ3n) is 4.26.